The van der Waals surface area contributed by atoms with Gasteiger partial charge in [-0.05, 0) is 42.5 Å². The SMILES string of the molecule is COc1ccccc1N1CCN(c2ccc(-c3nc4ccccc4[nH]3)c(Cl)c2)CC1. The Morgan fingerprint density at radius 1 is 0.900 bits per heavy atom. The summed E-state index contributed by atoms with van der Waals surface area (Å²) in [5.74, 6) is 1.72. The number of methoxy groups -OCH3 is 1. The molecule has 0 atom stereocenters. The Hall–Kier alpha value is -3.18. The molecule has 0 saturated carbocycles. The Labute approximate surface area is 180 Å². The molecular formula is C24H23ClN4O. The van der Waals surface area contributed by atoms with Crippen LogP contribution in [0.4, 0.5) is 11.4 Å². The molecule has 1 N–H and O–H groups in total. The first-order valence-electron chi connectivity index (χ1n) is 10.1. The molecule has 1 saturated heterocycles. The fraction of sp³-hybridized carbons (Fsp3) is 0.208. The summed E-state index contributed by atoms with van der Waals surface area (Å²) in [6.07, 6.45) is 0. The molecule has 0 amide bonds. The van der Waals surface area contributed by atoms with E-state index in [1.165, 1.54) is 0 Å². The van der Waals surface area contributed by atoms with Gasteiger partial charge >= 0.3 is 0 Å². The molecule has 6 heteroatoms. The number of aromatic nitrogens is 2. The fourth-order valence-electron chi connectivity index (χ4n) is 4.07. The number of rotatable bonds is 4. The molecule has 0 unspecified atom stereocenters. The number of benzene rings is 3. The number of H-pyrrole nitrogens is 1. The van der Waals surface area contributed by atoms with Crippen molar-refractivity contribution in [3.8, 4) is 17.1 Å². The van der Waals surface area contributed by atoms with Crippen molar-refractivity contribution in [1.82, 2.24) is 9.97 Å². The maximum atomic E-state index is 6.66. The van der Waals surface area contributed by atoms with Crippen LogP contribution in [0, 0.1) is 0 Å². The number of hydrogen-bond donors (Lipinski definition) is 1. The van der Waals surface area contributed by atoms with Crippen LogP contribution in [-0.4, -0.2) is 43.3 Å². The molecule has 4 aromatic rings. The molecule has 30 heavy (non-hydrogen) atoms. The number of hydrogen-bond acceptors (Lipinski definition) is 4. The van der Waals surface area contributed by atoms with E-state index in [9.17, 15) is 0 Å². The van der Waals surface area contributed by atoms with Crippen LogP contribution in [0.25, 0.3) is 22.4 Å². The first-order valence-corrected chi connectivity index (χ1v) is 10.5. The molecule has 152 valence electrons. The van der Waals surface area contributed by atoms with Crippen LogP contribution in [-0.2, 0) is 0 Å². The van der Waals surface area contributed by atoms with E-state index in [4.69, 9.17) is 16.3 Å². The number of nitrogens with zero attached hydrogens (tertiary/aromatic N) is 3. The summed E-state index contributed by atoms with van der Waals surface area (Å²) >= 11 is 6.66. The van der Waals surface area contributed by atoms with Crippen molar-refractivity contribution in [2.45, 2.75) is 0 Å². The number of nitrogens with one attached hydrogen (secondary N) is 1. The average Bonchev–Trinajstić information content (AvgIpc) is 3.23. The maximum Gasteiger partial charge on any atom is 0.142 e. The smallest absolute Gasteiger partial charge is 0.142 e. The van der Waals surface area contributed by atoms with Crippen molar-refractivity contribution in [1.29, 1.82) is 0 Å². The van der Waals surface area contributed by atoms with Gasteiger partial charge in [0, 0.05) is 37.4 Å². The summed E-state index contributed by atoms with van der Waals surface area (Å²) in [4.78, 5) is 12.8. The van der Waals surface area contributed by atoms with E-state index < -0.39 is 0 Å². The van der Waals surface area contributed by atoms with E-state index >= 15 is 0 Å². The highest BCUT2D eigenvalue weighted by Gasteiger charge is 2.20. The highest BCUT2D eigenvalue weighted by Crippen LogP contribution is 2.33. The highest BCUT2D eigenvalue weighted by molar-refractivity contribution is 6.33. The summed E-state index contributed by atoms with van der Waals surface area (Å²) < 4.78 is 5.52. The van der Waals surface area contributed by atoms with E-state index in [0.29, 0.717) is 5.02 Å². The van der Waals surface area contributed by atoms with Crippen molar-refractivity contribution >= 4 is 34.0 Å². The zero-order valence-electron chi connectivity index (χ0n) is 16.8. The molecule has 1 fully saturated rings. The fourth-order valence-corrected chi connectivity index (χ4v) is 4.33. The van der Waals surface area contributed by atoms with Gasteiger partial charge in [-0.25, -0.2) is 4.98 Å². The van der Waals surface area contributed by atoms with Gasteiger partial charge in [0.15, 0.2) is 0 Å². The molecule has 5 nitrogen and oxygen atoms in total. The Bertz CT molecular complexity index is 1150. The Kier molecular flexibility index (Phi) is 4.97. The number of fused-ring (bicyclic) bond motifs is 1. The van der Waals surface area contributed by atoms with Crippen molar-refractivity contribution < 1.29 is 4.74 Å². The van der Waals surface area contributed by atoms with E-state index in [0.717, 1.165) is 65.7 Å². The molecule has 0 bridgehead atoms. The summed E-state index contributed by atoms with van der Waals surface area (Å²) in [6, 6.07) is 22.4. The number of ether oxygens (including phenoxy) is 1. The summed E-state index contributed by atoms with van der Waals surface area (Å²) in [5, 5.41) is 0.707. The van der Waals surface area contributed by atoms with Crippen LogP contribution in [0.2, 0.25) is 5.02 Å². The highest BCUT2D eigenvalue weighted by atomic mass is 35.5. The lowest BCUT2D eigenvalue weighted by Gasteiger charge is -2.38. The maximum absolute atomic E-state index is 6.66. The van der Waals surface area contributed by atoms with Gasteiger partial charge in [-0.2, -0.15) is 0 Å². The second kappa shape index (κ2) is 7.92. The van der Waals surface area contributed by atoms with Crippen LogP contribution in [0.15, 0.2) is 66.7 Å². The quantitative estimate of drug-likeness (QED) is 0.493. The van der Waals surface area contributed by atoms with Gasteiger partial charge in [-0.3, -0.25) is 0 Å². The molecule has 5 rings (SSSR count). The monoisotopic (exact) mass is 418 g/mol. The third-order valence-corrected chi connectivity index (χ3v) is 5.98. The zero-order chi connectivity index (χ0) is 20.5. The van der Waals surface area contributed by atoms with Gasteiger partial charge in [0.1, 0.15) is 11.6 Å². The second-order valence-electron chi connectivity index (χ2n) is 7.41. The Balaban J connectivity index is 1.33. The molecule has 1 aromatic heterocycles. The van der Waals surface area contributed by atoms with Crippen LogP contribution in [0.3, 0.4) is 0 Å². The predicted molar refractivity (Wildman–Crippen MR) is 124 cm³/mol. The number of para-hydroxylation sites is 4. The first kappa shape index (κ1) is 18.8. The number of halogens is 1. The molecule has 0 radical (unpaired) electrons. The van der Waals surface area contributed by atoms with Crippen molar-refractivity contribution in [3.05, 3.63) is 71.8 Å². The molecule has 1 aliphatic heterocycles. The molecule has 3 aromatic carbocycles. The van der Waals surface area contributed by atoms with Crippen molar-refractivity contribution in [2.24, 2.45) is 0 Å². The van der Waals surface area contributed by atoms with E-state index in [1.54, 1.807) is 7.11 Å². The lowest BCUT2D eigenvalue weighted by atomic mass is 10.1. The van der Waals surface area contributed by atoms with Crippen molar-refractivity contribution in [3.63, 3.8) is 0 Å². The van der Waals surface area contributed by atoms with Gasteiger partial charge in [0.2, 0.25) is 0 Å². The Morgan fingerprint density at radius 3 is 2.40 bits per heavy atom. The lowest BCUT2D eigenvalue weighted by molar-refractivity contribution is 0.413. The van der Waals surface area contributed by atoms with E-state index in [2.05, 4.69) is 44.0 Å². The van der Waals surface area contributed by atoms with Crippen molar-refractivity contribution in [2.75, 3.05) is 43.1 Å². The molecule has 1 aliphatic rings. The van der Waals surface area contributed by atoms with Gasteiger partial charge in [-0.1, -0.05) is 35.9 Å². The number of piperazine rings is 1. The second-order valence-corrected chi connectivity index (χ2v) is 7.82. The topological polar surface area (TPSA) is 44.4 Å². The Morgan fingerprint density at radius 2 is 1.63 bits per heavy atom. The minimum Gasteiger partial charge on any atom is -0.495 e. The average molecular weight is 419 g/mol. The van der Waals surface area contributed by atoms with Crippen LogP contribution in [0.1, 0.15) is 0 Å². The molecular weight excluding hydrogens is 396 g/mol. The van der Waals surface area contributed by atoms with Gasteiger partial charge < -0.3 is 19.5 Å². The minimum atomic E-state index is 0.707. The number of aromatic amines is 1. The van der Waals surface area contributed by atoms with Crippen LogP contribution in [0.5, 0.6) is 5.75 Å². The molecule has 0 aliphatic carbocycles. The molecule has 2 heterocycles. The molecule has 0 spiro atoms. The largest absolute Gasteiger partial charge is 0.495 e. The van der Waals surface area contributed by atoms with Gasteiger partial charge in [-0.15, -0.1) is 0 Å². The normalized spacial score (nSPS) is 14.3. The third kappa shape index (κ3) is 3.46. The van der Waals surface area contributed by atoms with Gasteiger partial charge in [0.25, 0.3) is 0 Å². The van der Waals surface area contributed by atoms with Gasteiger partial charge in [0.05, 0.1) is 28.9 Å². The predicted octanol–water partition coefficient (Wildman–Crippen LogP) is 5.22. The first-order chi connectivity index (χ1) is 14.7. The summed E-state index contributed by atoms with van der Waals surface area (Å²) in [7, 11) is 1.72. The zero-order valence-corrected chi connectivity index (χ0v) is 17.6. The van der Waals surface area contributed by atoms with E-state index in [-0.39, 0.29) is 0 Å². The third-order valence-electron chi connectivity index (χ3n) is 5.67. The van der Waals surface area contributed by atoms with E-state index in [1.807, 2.05) is 42.5 Å². The van der Waals surface area contributed by atoms with Crippen LogP contribution >= 0.6 is 11.6 Å². The van der Waals surface area contributed by atoms with Crippen LogP contribution < -0.4 is 14.5 Å². The number of anilines is 2. The summed E-state index contributed by atoms with van der Waals surface area (Å²) in [6.45, 7) is 3.73. The standard InChI is InChI=1S/C24H23ClN4O/c1-30-23-9-5-4-8-22(23)29-14-12-28(13-15-29)17-10-11-18(19(25)16-17)24-26-20-6-2-3-7-21(20)27-24/h2-11,16H,12-15H2,1H3,(H,26,27). The lowest BCUT2D eigenvalue weighted by Crippen LogP contribution is -2.46. The summed E-state index contributed by atoms with van der Waals surface area (Å²) in [5.41, 5.74) is 5.17. The minimum absolute atomic E-state index is 0.707. The number of imidazole rings is 1.